The summed E-state index contributed by atoms with van der Waals surface area (Å²) in [6.07, 6.45) is 3.60. The van der Waals surface area contributed by atoms with E-state index in [4.69, 9.17) is 0 Å². The van der Waals surface area contributed by atoms with Gasteiger partial charge in [-0.15, -0.1) is 0 Å². The first-order chi connectivity index (χ1) is 8.61. The van der Waals surface area contributed by atoms with Gasteiger partial charge >= 0.3 is 0 Å². The van der Waals surface area contributed by atoms with E-state index in [1.165, 1.54) is 0 Å². The molecule has 2 aromatic heterocycles. The van der Waals surface area contributed by atoms with Crippen molar-refractivity contribution in [1.82, 2.24) is 20.0 Å². The highest BCUT2D eigenvalue weighted by molar-refractivity contribution is 5.45. The van der Waals surface area contributed by atoms with Gasteiger partial charge < -0.3 is 4.90 Å². The first-order valence-electron chi connectivity index (χ1n) is 6.21. The molecule has 0 amide bonds. The van der Waals surface area contributed by atoms with Crippen LogP contribution in [0.4, 0.5) is 5.82 Å². The number of hydrogen-bond acceptors (Lipinski definition) is 4. The maximum Gasteiger partial charge on any atom is 0.130 e. The van der Waals surface area contributed by atoms with E-state index in [0.717, 1.165) is 23.7 Å². The van der Waals surface area contributed by atoms with Crippen LogP contribution in [0.1, 0.15) is 32.4 Å². The average molecular weight is 245 g/mol. The molecule has 0 saturated carbocycles. The molecule has 0 N–H and O–H groups in total. The van der Waals surface area contributed by atoms with Crippen LogP contribution in [0.25, 0.3) is 5.69 Å². The molecule has 0 aromatic carbocycles. The number of rotatable bonds is 4. The summed E-state index contributed by atoms with van der Waals surface area (Å²) in [5.74, 6) is 1.32. The molecule has 96 valence electrons. The predicted octanol–water partition coefficient (Wildman–Crippen LogP) is 2.24. The molecule has 0 atom stereocenters. The highest BCUT2D eigenvalue weighted by Gasteiger charge is 2.08. The summed E-state index contributed by atoms with van der Waals surface area (Å²) in [6.45, 7) is 7.23. The average Bonchev–Trinajstić information content (AvgIpc) is 2.88. The second-order valence-corrected chi connectivity index (χ2v) is 4.60. The van der Waals surface area contributed by atoms with Gasteiger partial charge in [-0.3, -0.25) is 0 Å². The Labute approximate surface area is 107 Å². The van der Waals surface area contributed by atoms with Crippen LogP contribution in [0.2, 0.25) is 0 Å². The fraction of sp³-hybridized carbons (Fsp3) is 0.462. The lowest BCUT2D eigenvalue weighted by Gasteiger charge is -2.15. The number of nitrogens with zero attached hydrogens (tertiary/aromatic N) is 5. The van der Waals surface area contributed by atoms with Gasteiger partial charge in [0.15, 0.2) is 0 Å². The monoisotopic (exact) mass is 245 g/mol. The minimum absolute atomic E-state index is 0.387. The first kappa shape index (κ1) is 12.5. The molecule has 5 heteroatoms. The zero-order valence-electron chi connectivity index (χ0n) is 11.3. The van der Waals surface area contributed by atoms with E-state index >= 15 is 0 Å². The lowest BCUT2D eigenvalue weighted by molar-refractivity contribution is 0.716. The molecule has 0 aliphatic carbocycles. The highest BCUT2D eigenvalue weighted by atomic mass is 15.5. The summed E-state index contributed by atoms with van der Waals surface area (Å²) in [6, 6.07) is 3.91. The standard InChI is InChI=1S/C13H19N5/c1-5-17(4)13-8-11(6-7-14-13)18-15-9-12(16-18)10(2)3/h6-10H,5H2,1-4H3. The Hall–Kier alpha value is -1.91. The van der Waals surface area contributed by atoms with Gasteiger partial charge in [0.1, 0.15) is 5.82 Å². The van der Waals surface area contributed by atoms with E-state index < -0.39 is 0 Å². The van der Waals surface area contributed by atoms with Crippen LogP contribution in [0.15, 0.2) is 24.5 Å². The third kappa shape index (κ3) is 2.50. The van der Waals surface area contributed by atoms with Gasteiger partial charge in [0.05, 0.1) is 17.6 Å². The zero-order chi connectivity index (χ0) is 13.1. The molecule has 0 saturated heterocycles. The molecule has 2 aromatic rings. The Balaban J connectivity index is 2.32. The highest BCUT2D eigenvalue weighted by Crippen LogP contribution is 2.15. The second kappa shape index (κ2) is 5.16. The molecule has 0 bridgehead atoms. The van der Waals surface area contributed by atoms with Gasteiger partial charge in [-0.25, -0.2) is 4.98 Å². The second-order valence-electron chi connectivity index (χ2n) is 4.60. The van der Waals surface area contributed by atoms with Crippen LogP contribution in [-0.2, 0) is 0 Å². The molecule has 0 aliphatic rings. The maximum absolute atomic E-state index is 4.47. The molecule has 0 spiro atoms. The lowest BCUT2D eigenvalue weighted by Crippen LogP contribution is -2.17. The molecule has 2 rings (SSSR count). The van der Waals surface area contributed by atoms with E-state index in [2.05, 4.69) is 40.9 Å². The third-order valence-corrected chi connectivity index (χ3v) is 2.93. The Bertz CT molecular complexity index is 518. The summed E-state index contributed by atoms with van der Waals surface area (Å²) < 4.78 is 0. The number of hydrogen-bond donors (Lipinski definition) is 0. The van der Waals surface area contributed by atoms with Crippen LogP contribution in [0, 0.1) is 0 Å². The van der Waals surface area contributed by atoms with E-state index in [-0.39, 0.29) is 0 Å². The van der Waals surface area contributed by atoms with Gasteiger partial charge in [0.2, 0.25) is 0 Å². The van der Waals surface area contributed by atoms with Gasteiger partial charge in [0.25, 0.3) is 0 Å². The smallest absolute Gasteiger partial charge is 0.130 e. The van der Waals surface area contributed by atoms with Gasteiger partial charge in [-0.1, -0.05) is 13.8 Å². The normalized spacial score (nSPS) is 10.9. The fourth-order valence-electron chi connectivity index (χ4n) is 1.57. The quantitative estimate of drug-likeness (QED) is 0.828. The molecule has 2 heterocycles. The van der Waals surface area contributed by atoms with Crippen molar-refractivity contribution in [2.24, 2.45) is 0 Å². The number of pyridine rings is 1. The Morgan fingerprint density at radius 2 is 2.17 bits per heavy atom. The topological polar surface area (TPSA) is 46.8 Å². The van der Waals surface area contributed by atoms with E-state index in [1.807, 2.05) is 25.4 Å². The zero-order valence-corrected chi connectivity index (χ0v) is 11.3. The molecular weight excluding hydrogens is 226 g/mol. The number of aromatic nitrogens is 4. The van der Waals surface area contributed by atoms with Crippen LogP contribution in [0.5, 0.6) is 0 Å². The minimum atomic E-state index is 0.387. The van der Waals surface area contributed by atoms with Crippen molar-refractivity contribution >= 4 is 5.82 Å². The van der Waals surface area contributed by atoms with Crippen molar-refractivity contribution in [3.05, 3.63) is 30.2 Å². The van der Waals surface area contributed by atoms with E-state index in [9.17, 15) is 0 Å². The molecule has 18 heavy (non-hydrogen) atoms. The summed E-state index contributed by atoms with van der Waals surface area (Å²) in [5.41, 5.74) is 1.93. The van der Waals surface area contributed by atoms with Crippen LogP contribution in [-0.4, -0.2) is 33.6 Å². The summed E-state index contributed by atoms with van der Waals surface area (Å²) in [7, 11) is 2.02. The maximum atomic E-state index is 4.47. The third-order valence-electron chi connectivity index (χ3n) is 2.93. The van der Waals surface area contributed by atoms with Crippen LogP contribution < -0.4 is 4.90 Å². The Kier molecular flexibility index (Phi) is 3.60. The molecule has 0 fully saturated rings. The first-order valence-corrected chi connectivity index (χ1v) is 6.21. The van der Waals surface area contributed by atoms with Crippen LogP contribution in [0.3, 0.4) is 0 Å². The SMILES string of the molecule is CCN(C)c1cc(-n2ncc(C(C)C)n2)ccn1. The number of anilines is 1. The summed E-state index contributed by atoms with van der Waals surface area (Å²) in [4.78, 5) is 8.07. The molecular formula is C13H19N5. The van der Waals surface area contributed by atoms with Gasteiger partial charge in [0, 0.05) is 25.9 Å². The summed E-state index contributed by atoms with van der Waals surface area (Å²) in [5, 5.41) is 8.76. The van der Waals surface area contributed by atoms with Crippen molar-refractivity contribution in [3.8, 4) is 5.69 Å². The summed E-state index contributed by atoms with van der Waals surface area (Å²) >= 11 is 0. The lowest BCUT2D eigenvalue weighted by atomic mass is 10.2. The molecule has 0 radical (unpaired) electrons. The largest absolute Gasteiger partial charge is 0.360 e. The fourth-order valence-corrected chi connectivity index (χ4v) is 1.57. The molecule has 0 aliphatic heterocycles. The minimum Gasteiger partial charge on any atom is -0.360 e. The van der Waals surface area contributed by atoms with E-state index in [1.54, 1.807) is 11.0 Å². The van der Waals surface area contributed by atoms with Crippen molar-refractivity contribution in [3.63, 3.8) is 0 Å². The van der Waals surface area contributed by atoms with Crippen molar-refractivity contribution in [1.29, 1.82) is 0 Å². The Morgan fingerprint density at radius 1 is 1.39 bits per heavy atom. The van der Waals surface area contributed by atoms with Crippen molar-refractivity contribution in [2.45, 2.75) is 26.7 Å². The Morgan fingerprint density at radius 3 is 2.78 bits per heavy atom. The van der Waals surface area contributed by atoms with Crippen molar-refractivity contribution in [2.75, 3.05) is 18.5 Å². The van der Waals surface area contributed by atoms with Gasteiger partial charge in [-0.2, -0.15) is 15.0 Å². The van der Waals surface area contributed by atoms with Crippen LogP contribution >= 0.6 is 0 Å². The molecule has 5 nitrogen and oxygen atoms in total. The molecule has 0 unspecified atom stereocenters. The van der Waals surface area contributed by atoms with Crippen molar-refractivity contribution < 1.29 is 0 Å². The van der Waals surface area contributed by atoms with E-state index in [0.29, 0.717) is 5.92 Å². The predicted molar refractivity (Wildman–Crippen MR) is 72.2 cm³/mol. The van der Waals surface area contributed by atoms with Gasteiger partial charge in [-0.05, 0) is 18.9 Å².